The van der Waals surface area contributed by atoms with Crippen LogP contribution in [0.2, 0.25) is 0 Å². The number of aliphatic imine (C=N–C) groups is 1. The van der Waals surface area contributed by atoms with Gasteiger partial charge in [0.15, 0.2) is 0 Å². The van der Waals surface area contributed by atoms with Gasteiger partial charge in [0.25, 0.3) is 0 Å². The maximum Gasteiger partial charge on any atom is 0.0506 e. The first-order chi connectivity index (χ1) is 9.34. The zero-order valence-electron chi connectivity index (χ0n) is 11.5. The minimum atomic E-state index is 0.357. The van der Waals surface area contributed by atoms with Crippen LogP contribution in [-0.2, 0) is 6.42 Å². The number of aromatic nitrogens is 1. The molecule has 2 heterocycles. The lowest BCUT2D eigenvalue weighted by Gasteiger charge is -2.40. The van der Waals surface area contributed by atoms with Crippen LogP contribution in [0.15, 0.2) is 29.3 Å². The van der Waals surface area contributed by atoms with Gasteiger partial charge in [-0.3, -0.25) is 4.99 Å². The number of hydrogen-bond acceptors (Lipinski definition) is 1. The summed E-state index contributed by atoms with van der Waals surface area (Å²) in [5, 5.41) is 1.37. The van der Waals surface area contributed by atoms with E-state index in [1.807, 2.05) is 0 Å². The van der Waals surface area contributed by atoms with Crippen LogP contribution in [0.1, 0.15) is 43.9 Å². The Hall–Kier alpha value is -1.57. The molecule has 0 saturated heterocycles. The molecular weight excluding hydrogens is 232 g/mol. The van der Waals surface area contributed by atoms with E-state index < -0.39 is 0 Å². The molecule has 1 unspecified atom stereocenters. The zero-order valence-corrected chi connectivity index (χ0v) is 11.5. The van der Waals surface area contributed by atoms with E-state index in [4.69, 9.17) is 4.99 Å². The molecule has 0 bridgehead atoms. The average Bonchev–Trinajstić information content (AvgIpc) is 2.85. The van der Waals surface area contributed by atoms with Crippen molar-refractivity contribution < 1.29 is 0 Å². The van der Waals surface area contributed by atoms with Gasteiger partial charge in [-0.25, -0.2) is 0 Å². The smallest absolute Gasteiger partial charge is 0.0506 e. The number of H-pyrrole nitrogens is 1. The van der Waals surface area contributed by atoms with Gasteiger partial charge >= 0.3 is 0 Å². The standard InChI is InChI=1S/C17H20N2/c1-2-17-9-5-11-18-16(17)15-12-6-3-4-7-13(12)19-14(15)8-10-17/h3-4,6-7,19H,2,5,8-11H2,1H3. The summed E-state index contributed by atoms with van der Waals surface area (Å²) >= 11 is 0. The topological polar surface area (TPSA) is 28.1 Å². The van der Waals surface area contributed by atoms with Gasteiger partial charge in [0.05, 0.1) is 5.71 Å². The van der Waals surface area contributed by atoms with Crippen molar-refractivity contribution in [2.45, 2.75) is 39.0 Å². The van der Waals surface area contributed by atoms with Crippen molar-refractivity contribution in [1.29, 1.82) is 0 Å². The first-order valence-corrected chi connectivity index (χ1v) is 7.49. The van der Waals surface area contributed by atoms with Crippen molar-refractivity contribution >= 4 is 16.6 Å². The third-order valence-electron chi connectivity index (χ3n) is 5.14. The fourth-order valence-corrected chi connectivity index (χ4v) is 4.02. The van der Waals surface area contributed by atoms with Crippen molar-refractivity contribution in [3.63, 3.8) is 0 Å². The Labute approximate surface area is 113 Å². The fourth-order valence-electron chi connectivity index (χ4n) is 4.02. The Balaban J connectivity index is 2.01. The zero-order chi connectivity index (χ0) is 12.9. The van der Waals surface area contributed by atoms with Crippen LogP contribution in [0.4, 0.5) is 0 Å². The number of nitrogens with zero attached hydrogens (tertiary/aromatic N) is 1. The first-order valence-electron chi connectivity index (χ1n) is 7.49. The van der Waals surface area contributed by atoms with Crippen molar-refractivity contribution in [3.8, 4) is 0 Å². The van der Waals surface area contributed by atoms with E-state index in [1.54, 1.807) is 0 Å². The Kier molecular flexibility index (Phi) is 2.35. The summed E-state index contributed by atoms with van der Waals surface area (Å²) in [6.07, 6.45) is 6.25. The number of aryl methyl sites for hydroxylation is 1. The lowest BCUT2D eigenvalue weighted by Crippen LogP contribution is -2.38. The molecule has 19 heavy (non-hydrogen) atoms. The quantitative estimate of drug-likeness (QED) is 0.791. The van der Waals surface area contributed by atoms with E-state index in [9.17, 15) is 0 Å². The van der Waals surface area contributed by atoms with Crippen molar-refractivity contribution in [2.75, 3.05) is 6.54 Å². The van der Waals surface area contributed by atoms with E-state index in [1.165, 1.54) is 60.0 Å². The Bertz CT molecular complexity index is 665. The molecule has 0 saturated carbocycles. The van der Waals surface area contributed by atoms with Crippen molar-refractivity contribution in [3.05, 3.63) is 35.5 Å². The van der Waals surface area contributed by atoms with E-state index in [0.717, 1.165) is 6.54 Å². The van der Waals surface area contributed by atoms with Gasteiger partial charge in [-0.15, -0.1) is 0 Å². The summed E-state index contributed by atoms with van der Waals surface area (Å²) in [6, 6.07) is 8.68. The molecule has 98 valence electrons. The summed E-state index contributed by atoms with van der Waals surface area (Å²) in [7, 11) is 0. The van der Waals surface area contributed by atoms with Gasteiger partial charge in [0.2, 0.25) is 0 Å². The number of nitrogens with one attached hydrogen (secondary N) is 1. The van der Waals surface area contributed by atoms with Gasteiger partial charge in [-0.05, 0) is 38.2 Å². The number of fused-ring (bicyclic) bond motifs is 5. The lowest BCUT2D eigenvalue weighted by atomic mass is 9.66. The predicted octanol–water partition coefficient (Wildman–Crippen LogP) is 4.09. The van der Waals surface area contributed by atoms with Crippen molar-refractivity contribution in [1.82, 2.24) is 4.98 Å². The van der Waals surface area contributed by atoms with Crippen LogP contribution >= 0.6 is 0 Å². The molecule has 1 aromatic carbocycles. The maximum absolute atomic E-state index is 4.95. The molecule has 2 heteroatoms. The van der Waals surface area contributed by atoms with Gasteiger partial charge in [-0.1, -0.05) is 25.1 Å². The van der Waals surface area contributed by atoms with E-state index >= 15 is 0 Å². The molecule has 0 fully saturated rings. The third-order valence-corrected chi connectivity index (χ3v) is 5.14. The predicted molar refractivity (Wildman–Crippen MR) is 80.0 cm³/mol. The van der Waals surface area contributed by atoms with Gasteiger partial charge in [0, 0.05) is 34.1 Å². The second-order valence-electron chi connectivity index (χ2n) is 5.99. The Morgan fingerprint density at radius 2 is 2.16 bits per heavy atom. The Morgan fingerprint density at radius 1 is 1.26 bits per heavy atom. The van der Waals surface area contributed by atoms with Crippen molar-refractivity contribution in [2.24, 2.45) is 10.4 Å². The summed E-state index contributed by atoms with van der Waals surface area (Å²) < 4.78 is 0. The molecule has 2 aliphatic rings. The monoisotopic (exact) mass is 252 g/mol. The van der Waals surface area contributed by atoms with E-state index in [-0.39, 0.29) is 0 Å². The summed E-state index contributed by atoms with van der Waals surface area (Å²) in [4.78, 5) is 8.56. The first kappa shape index (κ1) is 11.3. The largest absolute Gasteiger partial charge is 0.358 e. The van der Waals surface area contributed by atoms with E-state index in [2.05, 4.69) is 36.2 Å². The van der Waals surface area contributed by atoms with Crippen LogP contribution in [0.25, 0.3) is 10.9 Å². The molecule has 0 radical (unpaired) electrons. The summed E-state index contributed by atoms with van der Waals surface area (Å²) in [5.74, 6) is 0. The molecule has 0 amide bonds. The highest BCUT2D eigenvalue weighted by molar-refractivity contribution is 6.15. The SMILES string of the molecule is CCC12CCCN=C1c1c([nH]c3ccccc13)CC2. The van der Waals surface area contributed by atoms with Gasteiger partial charge in [0.1, 0.15) is 0 Å². The number of hydrogen-bond donors (Lipinski definition) is 1. The normalized spacial score (nSPS) is 25.8. The van der Waals surface area contributed by atoms with Gasteiger partial charge < -0.3 is 4.98 Å². The van der Waals surface area contributed by atoms with Crippen LogP contribution in [0.3, 0.4) is 0 Å². The summed E-state index contributed by atoms with van der Waals surface area (Å²) in [6.45, 7) is 3.34. The maximum atomic E-state index is 4.95. The summed E-state index contributed by atoms with van der Waals surface area (Å²) in [5.41, 5.74) is 5.87. The van der Waals surface area contributed by atoms with Crippen LogP contribution in [0.5, 0.6) is 0 Å². The molecule has 1 aliphatic carbocycles. The average molecular weight is 252 g/mol. The lowest BCUT2D eigenvalue weighted by molar-refractivity contribution is 0.315. The molecule has 4 rings (SSSR count). The van der Waals surface area contributed by atoms with Crippen LogP contribution < -0.4 is 0 Å². The third kappa shape index (κ3) is 1.46. The number of benzene rings is 1. The van der Waals surface area contributed by atoms with Crippen LogP contribution in [0, 0.1) is 5.41 Å². The highest BCUT2D eigenvalue weighted by Gasteiger charge is 2.41. The molecule has 2 aromatic rings. The van der Waals surface area contributed by atoms with E-state index in [0.29, 0.717) is 5.41 Å². The minimum Gasteiger partial charge on any atom is -0.358 e. The number of para-hydroxylation sites is 1. The van der Waals surface area contributed by atoms with Crippen LogP contribution in [-0.4, -0.2) is 17.2 Å². The molecule has 1 N–H and O–H groups in total. The molecule has 2 nitrogen and oxygen atoms in total. The highest BCUT2D eigenvalue weighted by atomic mass is 14.8. The second-order valence-corrected chi connectivity index (χ2v) is 5.99. The molecule has 1 aromatic heterocycles. The molecule has 1 aliphatic heterocycles. The highest BCUT2D eigenvalue weighted by Crippen LogP contribution is 2.46. The number of aromatic amines is 1. The Morgan fingerprint density at radius 3 is 3.05 bits per heavy atom. The fraction of sp³-hybridized carbons (Fsp3) is 0.471. The molecule has 0 spiro atoms. The molecule has 1 atom stereocenters. The second kappa shape index (κ2) is 3.96. The van der Waals surface area contributed by atoms with Gasteiger partial charge in [-0.2, -0.15) is 0 Å². The molecular formula is C17H20N2. The number of rotatable bonds is 1. The minimum absolute atomic E-state index is 0.357.